The minimum atomic E-state index is -0.728. The molecule has 3 heterocycles. The lowest BCUT2D eigenvalue weighted by molar-refractivity contribution is -0.140. The van der Waals surface area contributed by atoms with Crippen LogP contribution in [0.1, 0.15) is 29.3 Å². The predicted molar refractivity (Wildman–Crippen MR) is 98.7 cm³/mol. The molecule has 2 atom stereocenters. The fraction of sp³-hybridized carbons (Fsp3) is 0.300. The van der Waals surface area contributed by atoms with E-state index in [2.05, 4.69) is 0 Å². The summed E-state index contributed by atoms with van der Waals surface area (Å²) in [4.78, 5) is 27.7. The Balaban J connectivity index is 1.78. The van der Waals surface area contributed by atoms with E-state index in [0.717, 1.165) is 17.7 Å². The standard InChI is InChI=1S/C20H18FNO4S/c21-13-7-5-12(6-8-13)18(23)16-17(15-4-2-10-27-15)22(20(25)19(16)24)11-14-3-1-9-26-14/h2,4-8,10,14,17,23H,1,3,9,11H2/b18-16-. The zero-order valence-electron chi connectivity index (χ0n) is 14.4. The molecule has 1 aromatic heterocycles. The molecule has 4 rings (SSSR count). The minimum absolute atomic E-state index is 0.0343. The van der Waals surface area contributed by atoms with E-state index in [1.165, 1.54) is 40.5 Å². The van der Waals surface area contributed by atoms with E-state index in [0.29, 0.717) is 18.7 Å². The highest BCUT2D eigenvalue weighted by Crippen LogP contribution is 2.41. The van der Waals surface area contributed by atoms with Gasteiger partial charge in [-0.3, -0.25) is 9.59 Å². The van der Waals surface area contributed by atoms with Gasteiger partial charge in [0.05, 0.1) is 17.7 Å². The van der Waals surface area contributed by atoms with Crippen LogP contribution in [0.2, 0.25) is 0 Å². The third-order valence-electron chi connectivity index (χ3n) is 4.89. The Bertz CT molecular complexity index is 885. The average molecular weight is 387 g/mol. The highest BCUT2D eigenvalue weighted by molar-refractivity contribution is 7.10. The van der Waals surface area contributed by atoms with Gasteiger partial charge < -0.3 is 14.7 Å². The van der Waals surface area contributed by atoms with Crippen molar-refractivity contribution in [1.82, 2.24) is 4.90 Å². The van der Waals surface area contributed by atoms with Gasteiger partial charge in [-0.05, 0) is 48.6 Å². The quantitative estimate of drug-likeness (QED) is 0.495. The maximum atomic E-state index is 13.2. The average Bonchev–Trinajstić information content (AvgIpc) is 3.40. The monoisotopic (exact) mass is 387 g/mol. The first-order valence-electron chi connectivity index (χ1n) is 8.75. The van der Waals surface area contributed by atoms with Crippen molar-refractivity contribution in [2.24, 2.45) is 0 Å². The number of likely N-dealkylation sites (tertiary alicyclic amines) is 1. The molecule has 1 amide bonds. The topological polar surface area (TPSA) is 66.8 Å². The molecule has 2 aliphatic rings. The summed E-state index contributed by atoms with van der Waals surface area (Å²) >= 11 is 1.41. The van der Waals surface area contributed by atoms with Crippen LogP contribution in [-0.2, 0) is 14.3 Å². The first-order chi connectivity index (χ1) is 13.1. The number of halogens is 1. The lowest BCUT2D eigenvalue weighted by Crippen LogP contribution is -2.36. The Kier molecular flexibility index (Phi) is 4.80. The summed E-state index contributed by atoms with van der Waals surface area (Å²) in [5, 5.41) is 12.6. The van der Waals surface area contributed by atoms with Crippen molar-refractivity contribution in [1.29, 1.82) is 0 Å². The van der Waals surface area contributed by atoms with E-state index in [9.17, 15) is 19.1 Å². The lowest BCUT2D eigenvalue weighted by atomic mass is 9.99. The molecule has 0 spiro atoms. The second-order valence-electron chi connectivity index (χ2n) is 6.61. The summed E-state index contributed by atoms with van der Waals surface area (Å²) in [6.45, 7) is 0.946. The van der Waals surface area contributed by atoms with Gasteiger partial charge in [0.2, 0.25) is 0 Å². The normalized spacial score (nSPS) is 24.7. The van der Waals surface area contributed by atoms with Gasteiger partial charge in [-0.15, -0.1) is 11.3 Å². The van der Waals surface area contributed by atoms with Crippen LogP contribution in [0.5, 0.6) is 0 Å². The van der Waals surface area contributed by atoms with Gasteiger partial charge in [-0.2, -0.15) is 0 Å². The van der Waals surface area contributed by atoms with Crippen LogP contribution >= 0.6 is 11.3 Å². The second-order valence-corrected chi connectivity index (χ2v) is 7.59. The van der Waals surface area contributed by atoms with Crippen molar-refractivity contribution >= 4 is 28.8 Å². The zero-order valence-corrected chi connectivity index (χ0v) is 15.2. The molecular formula is C20H18FNO4S. The lowest BCUT2D eigenvalue weighted by Gasteiger charge is -2.26. The number of thiophene rings is 1. The number of ketones is 1. The summed E-state index contributed by atoms with van der Waals surface area (Å²) in [6, 6.07) is 8.20. The summed E-state index contributed by atoms with van der Waals surface area (Å²) in [6.07, 6.45) is 1.64. The van der Waals surface area contributed by atoms with Gasteiger partial charge in [0, 0.05) is 23.6 Å². The number of amides is 1. The van der Waals surface area contributed by atoms with Crippen LogP contribution in [0.3, 0.4) is 0 Å². The van der Waals surface area contributed by atoms with Crippen LogP contribution in [0.25, 0.3) is 5.76 Å². The van der Waals surface area contributed by atoms with Crippen LogP contribution < -0.4 is 0 Å². The number of Topliss-reactive ketones (excluding diaryl/α,β-unsaturated/α-hetero) is 1. The molecule has 2 fully saturated rings. The second kappa shape index (κ2) is 7.25. The van der Waals surface area contributed by atoms with Crippen molar-refractivity contribution in [3.8, 4) is 0 Å². The number of carbonyl (C=O) groups is 2. The van der Waals surface area contributed by atoms with Gasteiger partial charge >= 0.3 is 0 Å². The fourth-order valence-electron chi connectivity index (χ4n) is 3.58. The fourth-order valence-corrected chi connectivity index (χ4v) is 4.43. The van der Waals surface area contributed by atoms with Crippen molar-refractivity contribution in [3.05, 3.63) is 63.6 Å². The van der Waals surface area contributed by atoms with Gasteiger partial charge in [-0.1, -0.05) is 6.07 Å². The van der Waals surface area contributed by atoms with E-state index >= 15 is 0 Å². The molecular weight excluding hydrogens is 369 g/mol. The first-order valence-corrected chi connectivity index (χ1v) is 9.63. The summed E-state index contributed by atoms with van der Waals surface area (Å²) in [5.41, 5.74) is 0.333. The maximum Gasteiger partial charge on any atom is 0.295 e. The Hall–Kier alpha value is -2.51. The van der Waals surface area contributed by atoms with Crippen LogP contribution in [-0.4, -0.2) is 41.0 Å². The van der Waals surface area contributed by atoms with Crippen LogP contribution in [0.4, 0.5) is 4.39 Å². The van der Waals surface area contributed by atoms with Crippen molar-refractivity contribution in [2.45, 2.75) is 25.0 Å². The molecule has 2 aromatic rings. The maximum absolute atomic E-state index is 13.2. The predicted octanol–water partition coefficient (Wildman–Crippen LogP) is 3.49. The molecule has 1 aromatic carbocycles. The SMILES string of the molecule is O=C1C(=O)N(CC2CCCO2)C(c2cccs2)/C1=C(/O)c1ccc(F)cc1. The van der Waals surface area contributed by atoms with Crippen molar-refractivity contribution < 1.29 is 23.8 Å². The summed E-state index contributed by atoms with van der Waals surface area (Å²) in [7, 11) is 0. The third kappa shape index (κ3) is 3.28. The van der Waals surface area contributed by atoms with Crippen LogP contribution in [0.15, 0.2) is 47.4 Å². The molecule has 0 aliphatic carbocycles. The number of aliphatic hydroxyl groups is 1. The molecule has 0 saturated carbocycles. The highest BCUT2D eigenvalue weighted by atomic mass is 32.1. The molecule has 1 N–H and O–H groups in total. The van der Waals surface area contributed by atoms with Crippen molar-refractivity contribution in [2.75, 3.05) is 13.2 Å². The number of hydrogen-bond donors (Lipinski definition) is 1. The van der Waals surface area contributed by atoms with Gasteiger partial charge in [-0.25, -0.2) is 4.39 Å². The smallest absolute Gasteiger partial charge is 0.295 e. The molecule has 0 radical (unpaired) electrons. The first kappa shape index (κ1) is 17.9. The minimum Gasteiger partial charge on any atom is -0.507 e. The summed E-state index contributed by atoms with van der Waals surface area (Å²) < 4.78 is 18.9. The number of ether oxygens (including phenoxy) is 1. The third-order valence-corrected chi connectivity index (χ3v) is 5.82. The Labute approximate surface area is 159 Å². The van der Waals surface area contributed by atoms with Gasteiger partial charge in [0.15, 0.2) is 0 Å². The number of nitrogens with zero attached hydrogens (tertiary/aromatic N) is 1. The van der Waals surface area contributed by atoms with E-state index in [4.69, 9.17) is 4.74 Å². The molecule has 140 valence electrons. The molecule has 27 heavy (non-hydrogen) atoms. The van der Waals surface area contributed by atoms with E-state index in [-0.39, 0.29) is 17.4 Å². The Morgan fingerprint density at radius 1 is 1.26 bits per heavy atom. The molecule has 2 aliphatic heterocycles. The zero-order chi connectivity index (χ0) is 19.0. The number of hydrogen-bond acceptors (Lipinski definition) is 5. The van der Waals surface area contributed by atoms with E-state index in [1.54, 1.807) is 0 Å². The molecule has 0 bridgehead atoms. The number of carbonyl (C=O) groups excluding carboxylic acids is 2. The van der Waals surface area contributed by atoms with Gasteiger partial charge in [0.25, 0.3) is 11.7 Å². The van der Waals surface area contributed by atoms with E-state index in [1.807, 2.05) is 17.5 Å². The number of aliphatic hydroxyl groups excluding tert-OH is 1. The molecule has 7 heteroatoms. The highest BCUT2D eigenvalue weighted by Gasteiger charge is 2.47. The van der Waals surface area contributed by atoms with Crippen molar-refractivity contribution in [3.63, 3.8) is 0 Å². The molecule has 5 nitrogen and oxygen atoms in total. The van der Waals surface area contributed by atoms with E-state index < -0.39 is 23.5 Å². The molecule has 2 saturated heterocycles. The summed E-state index contributed by atoms with van der Waals surface area (Å²) in [5.74, 6) is -2.11. The molecule has 2 unspecified atom stereocenters. The number of benzene rings is 1. The van der Waals surface area contributed by atoms with Crippen LogP contribution in [0, 0.1) is 5.82 Å². The Morgan fingerprint density at radius 3 is 2.67 bits per heavy atom. The number of rotatable bonds is 4. The Morgan fingerprint density at radius 2 is 2.04 bits per heavy atom. The van der Waals surface area contributed by atoms with Gasteiger partial charge in [0.1, 0.15) is 11.6 Å². The largest absolute Gasteiger partial charge is 0.507 e.